The number of nitrogens with zero attached hydrogens (tertiary/aromatic N) is 2. The summed E-state index contributed by atoms with van der Waals surface area (Å²) in [6.45, 7) is -1.21. The summed E-state index contributed by atoms with van der Waals surface area (Å²) in [5, 5.41) is 36.0. The molecule has 2 aromatic rings. The lowest BCUT2D eigenvalue weighted by atomic mass is 10.1. The van der Waals surface area contributed by atoms with Crippen LogP contribution in [0.25, 0.3) is 0 Å². The van der Waals surface area contributed by atoms with Crippen LogP contribution in [0, 0.1) is 10.1 Å². The number of non-ortho nitro benzene ring substituents is 1. The summed E-state index contributed by atoms with van der Waals surface area (Å²) >= 11 is 0. The van der Waals surface area contributed by atoms with Crippen molar-refractivity contribution in [2.24, 2.45) is 5.73 Å². The highest BCUT2D eigenvalue weighted by Crippen LogP contribution is 2.37. The van der Waals surface area contributed by atoms with Crippen LogP contribution in [0.1, 0.15) is 0 Å². The molecule has 0 unspecified atom stereocenters. The normalized spacial score (nSPS) is 11.8. The Kier molecular flexibility index (Phi) is 9.67. The Morgan fingerprint density at radius 2 is 1.55 bits per heavy atom. The van der Waals surface area contributed by atoms with Crippen molar-refractivity contribution < 1.29 is 46.4 Å². The van der Waals surface area contributed by atoms with E-state index in [1.165, 1.54) is 12.1 Å². The minimum atomic E-state index is -5.23. The second kappa shape index (κ2) is 11.3. The molecule has 0 aliphatic rings. The molecule has 0 saturated heterocycles. The maximum atomic E-state index is 11.8. The Morgan fingerprint density at radius 1 is 1.03 bits per heavy atom. The first-order valence-electron chi connectivity index (χ1n) is 8.79. The third-order valence-electron chi connectivity index (χ3n) is 3.78. The predicted octanol–water partition coefficient (Wildman–Crippen LogP) is -0.383. The molecule has 2 aromatic carbocycles. The maximum Gasteiger partial charge on any atom is 0.373 e. The van der Waals surface area contributed by atoms with Crippen molar-refractivity contribution in [1.82, 2.24) is 0 Å². The number of hydrogen-bond acceptors (Lipinski definition) is 11. The lowest BCUT2D eigenvalue weighted by Gasteiger charge is -2.20. The van der Waals surface area contributed by atoms with Crippen LogP contribution in [0.15, 0.2) is 48.5 Å². The Labute approximate surface area is 189 Å². The topological polar surface area (TPSA) is 231 Å². The van der Waals surface area contributed by atoms with Crippen LogP contribution < -0.4 is 14.2 Å². The number of nitro groups is 1. The van der Waals surface area contributed by atoms with Crippen LogP contribution in [0.3, 0.4) is 0 Å². The van der Waals surface area contributed by atoms with Crippen LogP contribution in [0.4, 0.5) is 11.4 Å². The van der Waals surface area contributed by atoms with Gasteiger partial charge in [-0.25, -0.2) is 8.42 Å². The molecule has 33 heavy (non-hydrogen) atoms. The number of nitrogens with two attached hydrogens (primary N) is 1. The number of benzene rings is 2. The number of hydrogen-bond donors (Lipinski definition) is 5. The lowest BCUT2D eigenvalue weighted by Crippen LogP contribution is -2.50. The van der Waals surface area contributed by atoms with Crippen molar-refractivity contribution in [2.75, 3.05) is 29.8 Å². The van der Waals surface area contributed by atoms with Gasteiger partial charge in [-0.2, -0.15) is 8.42 Å². The molecule has 0 atom stereocenters. The van der Waals surface area contributed by atoms with Gasteiger partial charge in [0.1, 0.15) is 11.4 Å². The molecule has 0 fully saturated rings. The first kappa shape index (κ1) is 28.2. The van der Waals surface area contributed by atoms with Gasteiger partial charge in [0.2, 0.25) is 10.0 Å². The Bertz CT molecular complexity index is 1110. The molecule has 184 valence electrons. The molecule has 0 heterocycles. The largest absolute Gasteiger partial charge is 0.455 e. The molecular weight excluding hydrogens is 486 g/mol. The van der Waals surface area contributed by atoms with Crippen LogP contribution >= 0.6 is 0 Å². The number of aliphatic hydroxyl groups is 3. The van der Waals surface area contributed by atoms with Crippen LogP contribution in [-0.4, -0.2) is 73.2 Å². The monoisotopic (exact) mass is 509 g/mol. The molecule has 0 radical (unpaired) electrons. The number of anilines is 1. The zero-order valence-electron chi connectivity index (χ0n) is 17.2. The molecule has 6 N–H and O–H groups in total. The van der Waals surface area contributed by atoms with E-state index >= 15 is 0 Å². The van der Waals surface area contributed by atoms with Crippen molar-refractivity contribution >= 4 is 31.7 Å². The summed E-state index contributed by atoms with van der Waals surface area (Å²) in [7, 11) is -9.71. The molecule has 0 aliphatic carbocycles. The zero-order valence-corrected chi connectivity index (χ0v) is 18.8. The number of aliphatic hydroxyl groups excluding tert-OH is 3. The molecule has 14 nitrogen and oxygen atoms in total. The summed E-state index contributed by atoms with van der Waals surface area (Å²) in [4.78, 5) is 10.2. The van der Waals surface area contributed by atoms with E-state index in [1.54, 1.807) is 18.2 Å². The third kappa shape index (κ3) is 8.21. The number of rotatable bonds is 9. The van der Waals surface area contributed by atoms with Crippen LogP contribution in [-0.2, 0) is 20.3 Å². The minimum absolute atomic E-state index is 0.174. The van der Waals surface area contributed by atoms with E-state index in [9.17, 15) is 31.5 Å². The molecule has 2 rings (SSSR count). The quantitative estimate of drug-likeness (QED) is 0.165. The van der Waals surface area contributed by atoms with Gasteiger partial charge in [-0.15, -0.1) is 3.71 Å². The molecular formula is C17H23N3O11S2. The summed E-state index contributed by atoms with van der Waals surface area (Å²) < 4.78 is 61.0. The minimum Gasteiger partial charge on any atom is -0.455 e. The van der Waals surface area contributed by atoms with Gasteiger partial charge in [-0.1, -0.05) is 18.2 Å². The first-order chi connectivity index (χ1) is 15.2. The highest BCUT2D eigenvalue weighted by Gasteiger charge is 2.33. The maximum absolute atomic E-state index is 11.8. The van der Waals surface area contributed by atoms with E-state index in [0.29, 0.717) is 6.26 Å². The van der Waals surface area contributed by atoms with E-state index in [4.69, 9.17) is 25.8 Å². The van der Waals surface area contributed by atoms with E-state index in [2.05, 4.69) is 0 Å². The Morgan fingerprint density at radius 3 is 1.91 bits per heavy atom. The summed E-state index contributed by atoms with van der Waals surface area (Å²) in [5.41, 5.74) is 2.88. The zero-order chi connectivity index (χ0) is 25.4. The fraction of sp³-hybridized carbons (Fsp3) is 0.294. The van der Waals surface area contributed by atoms with Crippen molar-refractivity contribution in [3.05, 3.63) is 58.6 Å². The molecule has 16 heteroatoms. The van der Waals surface area contributed by atoms with Crippen LogP contribution in [0.5, 0.6) is 11.5 Å². The standard InChI is InChI=1S/C13H12N2O8S2.C4H11NO3/c1-24(18,19)15(25(20,21)22)12-8-7-10(14(16)17)9-13(12)23-11-5-3-2-4-6-11;5-4(1-6,2-7)3-8/h2-9H,1H3,(H,20,21,22);6-8H,1-3,5H2. The van der Waals surface area contributed by atoms with Gasteiger partial charge < -0.3 is 25.8 Å². The van der Waals surface area contributed by atoms with E-state index in [1.807, 2.05) is 0 Å². The predicted molar refractivity (Wildman–Crippen MR) is 117 cm³/mol. The summed E-state index contributed by atoms with van der Waals surface area (Å²) in [6.07, 6.45) is 0.550. The van der Waals surface area contributed by atoms with E-state index in [0.717, 1.165) is 18.2 Å². The Balaban J connectivity index is 0.000000582. The Hall–Kier alpha value is -2.86. The SMILES string of the molecule is CS(=O)(=O)N(c1ccc([N+](=O)[O-])cc1Oc1ccccc1)S(=O)(=O)O.NC(CO)(CO)CO. The molecule has 0 aromatic heterocycles. The molecule has 0 saturated carbocycles. The smallest absolute Gasteiger partial charge is 0.373 e. The van der Waals surface area contributed by atoms with Gasteiger partial charge in [-0.05, 0) is 18.2 Å². The van der Waals surface area contributed by atoms with Gasteiger partial charge >= 0.3 is 10.3 Å². The summed E-state index contributed by atoms with van der Waals surface area (Å²) in [5.74, 6) is -0.267. The molecule has 0 aliphatic heterocycles. The average molecular weight is 510 g/mol. The van der Waals surface area contributed by atoms with Crippen molar-refractivity contribution in [3.63, 3.8) is 0 Å². The molecule has 0 amide bonds. The fourth-order valence-electron chi connectivity index (χ4n) is 2.09. The highest BCUT2D eigenvalue weighted by atomic mass is 32.3. The lowest BCUT2D eigenvalue weighted by molar-refractivity contribution is -0.384. The van der Waals surface area contributed by atoms with Crippen molar-refractivity contribution in [3.8, 4) is 11.5 Å². The van der Waals surface area contributed by atoms with Crippen molar-refractivity contribution in [2.45, 2.75) is 5.54 Å². The summed E-state index contributed by atoms with van der Waals surface area (Å²) in [6, 6.07) is 10.4. The van der Waals surface area contributed by atoms with Gasteiger partial charge in [-0.3, -0.25) is 14.7 Å². The average Bonchev–Trinajstić information content (AvgIpc) is 2.73. The van der Waals surface area contributed by atoms with Gasteiger partial charge in [0.25, 0.3) is 5.69 Å². The van der Waals surface area contributed by atoms with E-state index in [-0.39, 0.29) is 9.46 Å². The fourth-order valence-corrected chi connectivity index (χ4v) is 4.36. The number of sulfonamides is 1. The van der Waals surface area contributed by atoms with Crippen LogP contribution in [0.2, 0.25) is 0 Å². The van der Waals surface area contributed by atoms with Gasteiger partial charge in [0.15, 0.2) is 5.75 Å². The second-order valence-electron chi connectivity index (χ2n) is 6.60. The third-order valence-corrected chi connectivity index (χ3v) is 6.57. The molecule has 0 spiro atoms. The second-order valence-corrected chi connectivity index (χ2v) is 9.92. The number of nitro benzene ring substituents is 1. The highest BCUT2D eigenvalue weighted by molar-refractivity contribution is 8.07. The van der Waals surface area contributed by atoms with Gasteiger partial charge in [0, 0.05) is 6.07 Å². The molecule has 0 bridgehead atoms. The van der Waals surface area contributed by atoms with Crippen molar-refractivity contribution in [1.29, 1.82) is 0 Å². The van der Waals surface area contributed by atoms with E-state index < -0.39 is 67.7 Å². The number of para-hydroxylation sites is 1. The number of ether oxygens (including phenoxy) is 1. The van der Waals surface area contributed by atoms with Gasteiger partial charge in [0.05, 0.1) is 42.6 Å². The first-order valence-corrected chi connectivity index (χ1v) is 12.0.